The maximum Gasteiger partial charge on any atom is 0.224 e. The lowest BCUT2D eigenvalue weighted by Gasteiger charge is -2.09. The first-order chi connectivity index (χ1) is 9.29. The largest absolute Gasteiger partial charge is 0.497 e. The molecule has 0 aromatic heterocycles. The third kappa shape index (κ3) is 5.02. The van der Waals surface area contributed by atoms with E-state index in [9.17, 15) is 4.79 Å². The summed E-state index contributed by atoms with van der Waals surface area (Å²) in [4.78, 5) is 11.8. The van der Waals surface area contributed by atoms with Crippen molar-refractivity contribution >= 4 is 18.3 Å². The average molecular weight is 299 g/mol. The van der Waals surface area contributed by atoms with Crippen molar-refractivity contribution in [1.29, 1.82) is 0 Å². The molecule has 20 heavy (non-hydrogen) atoms. The number of aryl methyl sites for hydroxylation is 1. The monoisotopic (exact) mass is 298 g/mol. The van der Waals surface area contributed by atoms with Gasteiger partial charge >= 0.3 is 0 Å². The molecule has 1 atom stereocenters. The van der Waals surface area contributed by atoms with Gasteiger partial charge < -0.3 is 15.4 Å². The fourth-order valence-corrected chi connectivity index (χ4v) is 2.32. The molecule has 1 heterocycles. The summed E-state index contributed by atoms with van der Waals surface area (Å²) < 4.78 is 5.12. The van der Waals surface area contributed by atoms with Gasteiger partial charge in [-0.3, -0.25) is 4.79 Å². The molecule has 0 bridgehead atoms. The van der Waals surface area contributed by atoms with Gasteiger partial charge in [-0.15, -0.1) is 12.4 Å². The molecule has 0 aliphatic carbocycles. The molecule has 0 spiro atoms. The number of halogens is 1. The summed E-state index contributed by atoms with van der Waals surface area (Å²) >= 11 is 0. The quantitative estimate of drug-likeness (QED) is 0.787. The lowest BCUT2D eigenvalue weighted by Crippen LogP contribution is -2.32. The van der Waals surface area contributed by atoms with Crippen LogP contribution in [0, 0.1) is 5.92 Å². The van der Waals surface area contributed by atoms with Gasteiger partial charge in [-0.25, -0.2) is 0 Å². The molecule has 1 unspecified atom stereocenters. The van der Waals surface area contributed by atoms with Crippen molar-refractivity contribution in [1.82, 2.24) is 10.6 Å². The second kappa shape index (κ2) is 8.82. The standard InChI is InChI=1S/C15H22N2O2.ClH/c1-19-14-6-4-12(5-7-14)3-2-9-17-15(18)13-8-10-16-11-13;/h4-7,13,16H,2-3,8-11H2,1H3,(H,17,18);1H. The van der Waals surface area contributed by atoms with E-state index in [1.54, 1.807) is 7.11 Å². The van der Waals surface area contributed by atoms with Gasteiger partial charge in [0.15, 0.2) is 0 Å². The van der Waals surface area contributed by atoms with E-state index in [1.807, 2.05) is 12.1 Å². The van der Waals surface area contributed by atoms with Crippen molar-refractivity contribution in [2.75, 3.05) is 26.7 Å². The number of methoxy groups -OCH3 is 1. The van der Waals surface area contributed by atoms with Gasteiger partial charge in [0.25, 0.3) is 0 Å². The van der Waals surface area contributed by atoms with E-state index in [2.05, 4.69) is 22.8 Å². The van der Waals surface area contributed by atoms with Gasteiger partial charge in [-0.2, -0.15) is 0 Å². The molecule has 1 saturated heterocycles. The van der Waals surface area contributed by atoms with Crippen LogP contribution >= 0.6 is 12.4 Å². The SMILES string of the molecule is COc1ccc(CCCNC(=O)C2CCNC2)cc1.Cl. The van der Waals surface area contributed by atoms with Crippen molar-refractivity contribution in [2.45, 2.75) is 19.3 Å². The maximum absolute atomic E-state index is 11.8. The Labute approximate surface area is 126 Å². The third-order valence-electron chi connectivity index (χ3n) is 3.53. The van der Waals surface area contributed by atoms with Crippen LogP contribution < -0.4 is 15.4 Å². The molecule has 4 nitrogen and oxygen atoms in total. The number of carbonyl (C=O) groups is 1. The minimum atomic E-state index is 0. The Bertz CT molecular complexity index is 403. The molecule has 1 aromatic carbocycles. The Morgan fingerprint density at radius 2 is 2.15 bits per heavy atom. The highest BCUT2D eigenvalue weighted by Gasteiger charge is 2.21. The second-order valence-electron chi connectivity index (χ2n) is 4.93. The number of rotatable bonds is 6. The zero-order valence-corrected chi connectivity index (χ0v) is 12.7. The number of ether oxygens (including phenoxy) is 1. The normalized spacial score (nSPS) is 17.4. The van der Waals surface area contributed by atoms with E-state index in [0.717, 1.165) is 44.6 Å². The highest BCUT2D eigenvalue weighted by Crippen LogP contribution is 2.12. The molecule has 1 aliphatic heterocycles. The molecule has 0 radical (unpaired) electrons. The van der Waals surface area contributed by atoms with Gasteiger partial charge in [0.05, 0.1) is 13.0 Å². The van der Waals surface area contributed by atoms with Crippen molar-refractivity contribution in [3.8, 4) is 5.75 Å². The number of benzene rings is 1. The van der Waals surface area contributed by atoms with Crippen molar-refractivity contribution in [3.05, 3.63) is 29.8 Å². The lowest BCUT2D eigenvalue weighted by molar-refractivity contribution is -0.124. The Balaban J connectivity index is 0.00000200. The first kappa shape index (κ1) is 16.8. The van der Waals surface area contributed by atoms with E-state index in [0.29, 0.717) is 0 Å². The van der Waals surface area contributed by atoms with Crippen LogP contribution in [0.25, 0.3) is 0 Å². The predicted molar refractivity (Wildman–Crippen MR) is 82.5 cm³/mol. The molecule has 5 heteroatoms. The summed E-state index contributed by atoms with van der Waals surface area (Å²) in [5.74, 6) is 1.24. The van der Waals surface area contributed by atoms with Crippen molar-refractivity contribution in [3.63, 3.8) is 0 Å². The number of nitrogens with one attached hydrogen (secondary N) is 2. The molecule has 1 aliphatic rings. The maximum atomic E-state index is 11.8. The summed E-state index contributed by atoms with van der Waals surface area (Å²) in [5, 5.41) is 6.22. The minimum Gasteiger partial charge on any atom is -0.497 e. The number of hydrogen-bond donors (Lipinski definition) is 2. The molecule has 1 fully saturated rings. The third-order valence-corrected chi connectivity index (χ3v) is 3.53. The molecular formula is C15H23ClN2O2. The lowest BCUT2D eigenvalue weighted by atomic mass is 10.1. The van der Waals surface area contributed by atoms with Crippen molar-refractivity contribution < 1.29 is 9.53 Å². The molecule has 2 N–H and O–H groups in total. The predicted octanol–water partition coefficient (Wildman–Crippen LogP) is 1.78. The summed E-state index contributed by atoms with van der Waals surface area (Å²) in [6.07, 6.45) is 2.91. The van der Waals surface area contributed by atoms with Crippen LogP contribution in [0.3, 0.4) is 0 Å². The second-order valence-corrected chi connectivity index (χ2v) is 4.93. The molecule has 0 saturated carbocycles. The van der Waals surface area contributed by atoms with Crippen LogP contribution in [0.4, 0.5) is 0 Å². The minimum absolute atomic E-state index is 0. The highest BCUT2D eigenvalue weighted by atomic mass is 35.5. The van der Waals surface area contributed by atoms with E-state index >= 15 is 0 Å². The van der Waals surface area contributed by atoms with E-state index in [-0.39, 0.29) is 24.2 Å². The van der Waals surface area contributed by atoms with E-state index in [1.165, 1.54) is 5.56 Å². The summed E-state index contributed by atoms with van der Waals surface area (Å²) in [6.45, 7) is 2.54. The van der Waals surface area contributed by atoms with Gasteiger partial charge in [0.1, 0.15) is 5.75 Å². The van der Waals surface area contributed by atoms with Crippen LogP contribution in [-0.4, -0.2) is 32.7 Å². The van der Waals surface area contributed by atoms with Gasteiger partial charge in [-0.05, 0) is 43.5 Å². The van der Waals surface area contributed by atoms with Crippen LogP contribution in [0.2, 0.25) is 0 Å². The van der Waals surface area contributed by atoms with Crippen molar-refractivity contribution in [2.24, 2.45) is 5.92 Å². The average Bonchev–Trinajstić information content (AvgIpc) is 2.98. The Hall–Kier alpha value is -1.26. The Kier molecular flexibility index (Phi) is 7.41. The summed E-state index contributed by atoms with van der Waals surface area (Å²) in [7, 11) is 1.67. The number of carbonyl (C=O) groups excluding carboxylic acids is 1. The molecule has 1 aromatic rings. The Morgan fingerprint density at radius 3 is 2.75 bits per heavy atom. The van der Waals surface area contributed by atoms with Gasteiger partial charge in [0, 0.05) is 13.1 Å². The first-order valence-electron chi connectivity index (χ1n) is 6.91. The molecule has 112 valence electrons. The number of amides is 1. The fraction of sp³-hybridized carbons (Fsp3) is 0.533. The van der Waals surface area contributed by atoms with Gasteiger partial charge in [-0.1, -0.05) is 12.1 Å². The van der Waals surface area contributed by atoms with Crippen LogP contribution in [0.5, 0.6) is 5.75 Å². The van der Waals surface area contributed by atoms with Crippen LogP contribution in [0.1, 0.15) is 18.4 Å². The molecular weight excluding hydrogens is 276 g/mol. The Morgan fingerprint density at radius 1 is 1.40 bits per heavy atom. The first-order valence-corrected chi connectivity index (χ1v) is 6.91. The summed E-state index contributed by atoms with van der Waals surface area (Å²) in [6, 6.07) is 8.08. The summed E-state index contributed by atoms with van der Waals surface area (Å²) in [5.41, 5.74) is 1.28. The molecule has 2 rings (SSSR count). The molecule has 1 amide bonds. The number of hydrogen-bond acceptors (Lipinski definition) is 3. The van der Waals surface area contributed by atoms with Gasteiger partial charge in [0.2, 0.25) is 5.91 Å². The zero-order valence-electron chi connectivity index (χ0n) is 11.9. The smallest absolute Gasteiger partial charge is 0.224 e. The van der Waals surface area contributed by atoms with E-state index in [4.69, 9.17) is 4.74 Å². The zero-order chi connectivity index (χ0) is 13.5. The topological polar surface area (TPSA) is 50.4 Å². The van der Waals surface area contributed by atoms with E-state index < -0.39 is 0 Å². The van der Waals surface area contributed by atoms with Crippen LogP contribution in [-0.2, 0) is 11.2 Å². The van der Waals surface area contributed by atoms with Crippen LogP contribution in [0.15, 0.2) is 24.3 Å². The highest BCUT2D eigenvalue weighted by molar-refractivity contribution is 5.85. The fourth-order valence-electron chi connectivity index (χ4n) is 2.32.